The lowest BCUT2D eigenvalue weighted by Crippen LogP contribution is -2.40. The highest BCUT2D eigenvalue weighted by Gasteiger charge is 2.23. The topological polar surface area (TPSA) is 46.6 Å². The third-order valence-electron chi connectivity index (χ3n) is 3.50. The number of hydrogen-bond acceptors (Lipinski definition) is 5. The molecule has 0 bridgehead atoms. The number of anilines is 1. The summed E-state index contributed by atoms with van der Waals surface area (Å²) in [4.78, 5) is 7.00. The standard InChI is InChI=1S/C15H25N3O2/c1-4-19-7-5-18-6-8-20-15(11-18)14-10-13(16-3)9-12(2)17-14/h9-10,15H,4-8,11H2,1-3H3,(H,16,17)/t15-/m0/s1. The molecule has 0 unspecified atom stereocenters. The number of nitrogens with one attached hydrogen (secondary N) is 1. The Hall–Kier alpha value is -1.17. The summed E-state index contributed by atoms with van der Waals surface area (Å²) in [5.41, 5.74) is 3.11. The highest BCUT2D eigenvalue weighted by atomic mass is 16.5. The molecule has 0 spiro atoms. The molecule has 1 N–H and O–H groups in total. The summed E-state index contributed by atoms with van der Waals surface area (Å²) < 4.78 is 11.3. The Kier molecular flexibility index (Phi) is 5.76. The van der Waals surface area contributed by atoms with E-state index in [1.165, 1.54) is 0 Å². The molecule has 1 aromatic rings. The highest BCUT2D eigenvalue weighted by Crippen LogP contribution is 2.23. The van der Waals surface area contributed by atoms with E-state index in [1.54, 1.807) is 0 Å². The zero-order valence-corrected chi connectivity index (χ0v) is 12.7. The predicted octanol–water partition coefficient (Wildman–Crippen LogP) is 1.84. The Labute approximate surface area is 121 Å². The molecule has 0 aromatic carbocycles. The van der Waals surface area contributed by atoms with Crippen molar-refractivity contribution in [1.82, 2.24) is 9.88 Å². The van der Waals surface area contributed by atoms with Gasteiger partial charge >= 0.3 is 0 Å². The number of ether oxygens (including phenoxy) is 2. The van der Waals surface area contributed by atoms with Gasteiger partial charge in [0.1, 0.15) is 6.10 Å². The van der Waals surface area contributed by atoms with Crippen molar-refractivity contribution in [2.24, 2.45) is 0 Å². The van der Waals surface area contributed by atoms with Crippen LogP contribution < -0.4 is 5.32 Å². The fourth-order valence-corrected chi connectivity index (χ4v) is 2.43. The number of pyridine rings is 1. The van der Waals surface area contributed by atoms with Crippen LogP contribution in [-0.4, -0.2) is 56.4 Å². The van der Waals surface area contributed by atoms with E-state index in [4.69, 9.17) is 9.47 Å². The summed E-state index contributed by atoms with van der Waals surface area (Å²) in [6.45, 7) is 9.16. The molecule has 5 nitrogen and oxygen atoms in total. The Morgan fingerprint density at radius 2 is 2.35 bits per heavy atom. The van der Waals surface area contributed by atoms with Gasteiger partial charge in [0, 0.05) is 44.7 Å². The summed E-state index contributed by atoms with van der Waals surface area (Å²) >= 11 is 0. The Bertz CT molecular complexity index is 426. The number of morpholine rings is 1. The molecular weight excluding hydrogens is 254 g/mol. The van der Waals surface area contributed by atoms with Crippen LogP contribution in [0.5, 0.6) is 0 Å². The van der Waals surface area contributed by atoms with Crippen LogP contribution in [0.2, 0.25) is 0 Å². The molecule has 20 heavy (non-hydrogen) atoms. The summed E-state index contributed by atoms with van der Waals surface area (Å²) in [5, 5.41) is 3.17. The molecule has 1 saturated heterocycles. The van der Waals surface area contributed by atoms with E-state index in [9.17, 15) is 0 Å². The summed E-state index contributed by atoms with van der Waals surface area (Å²) in [6.07, 6.45) is 0.0531. The Morgan fingerprint density at radius 1 is 1.50 bits per heavy atom. The molecule has 1 atom stereocenters. The van der Waals surface area contributed by atoms with Crippen molar-refractivity contribution in [2.75, 3.05) is 51.8 Å². The second kappa shape index (κ2) is 7.57. The second-order valence-electron chi connectivity index (χ2n) is 5.03. The zero-order chi connectivity index (χ0) is 14.4. The Morgan fingerprint density at radius 3 is 3.10 bits per heavy atom. The number of aryl methyl sites for hydroxylation is 1. The second-order valence-corrected chi connectivity index (χ2v) is 5.03. The van der Waals surface area contributed by atoms with Crippen molar-refractivity contribution in [3.05, 3.63) is 23.5 Å². The number of rotatable bonds is 6. The maximum atomic E-state index is 5.88. The van der Waals surface area contributed by atoms with Crippen LogP contribution in [0, 0.1) is 6.92 Å². The number of hydrogen-bond donors (Lipinski definition) is 1. The largest absolute Gasteiger partial charge is 0.388 e. The van der Waals surface area contributed by atoms with Gasteiger partial charge in [-0.15, -0.1) is 0 Å². The predicted molar refractivity (Wildman–Crippen MR) is 80.1 cm³/mol. The molecule has 5 heteroatoms. The molecule has 0 amide bonds. The van der Waals surface area contributed by atoms with Crippen LogP contribution in [0.4, 0.5) is 5.69 Å². The van der Waals surface area contributed by atoms with Gasteiger partial charge in [-0.3, -0.25) is 9.88 Å². The lowest BCUT2D eigenvalue weighted by molar-refractivity contribution is -0.0391. The molecule has 0 aliphatic carbocycles. The molecule has 0 saturated carbocycles. The highest BCUT2D eigenvalue weighted by molar-refractivity contribution is 5.45. The van der Waals surface area contributed by atoms with Crippen LogP contribution >= 0.6 is 0 Å². The molecule has 1 aromatic heterocycles. The summed E-state index contributed by atoms with van der Waals surface area (Å²) in [6, 6.07) is 4.11. The fraction of sp³-hybridized carbons (Fsp3) is 0.667. The van der Waals surface area contributed by atoms with Crippen LogP contribution in [-0.2, 0) is 9.47 Å². The van der Waals surface area contributed by atoms with Crippen molar-refractivity contribution in [3.8, 4) is 0 Å². The lowest BCUT2D eigenvalue weighted by atomic mass is 10.1. The van der Waals surface area contributed by atoms with E-state index < -0.39 is 0 Å². The fourth-order valence-electron chi connectivity index (χ4n) is 2.43. The van der Waals surface area contributed by atoms with Crippen molar-refractivity contribution >= 4 is 5.69 Å². The maximum absolute atomic E-state index is 5.88. The van der Waals surface area contributed by atoms with Gasteiger partial charge in [-0.2, -0.15) is 0 Å². The molecular formula is C15H25N3O2. The Balaban J connectivity index is 1.99. The average molecular weight is 279 g/mol. The average Bonchev–Trinajstić information content (AvgIpc) is 2.47. The summed E-state index contributed by atoms with van der Waals surface area (Å²) in [7, 11) is 1.93. The lowest BCUT2D eigenvalue weighted by Gasteiger charge is -2.32. The first kappa shape index (κ1) is 15.2. The molecule has 1 aliphatic rings. The normalized spacial score (nSPS) is 20.1. The van der Waals surface area contributed by atoms with Gasteiger partial charge in [-0.25, -0.2) is 0 Å². The summed E-state index contributed by atoms with van der Waals surface area (Å²) in [5.74, 6) is 0. The van der Waals surface area contributed by atoms with Gasteiger partial charge in [0.05, 0.1) is 18.9 Å². The number of aromatic nitrogens is 1. The van der Waals surface area contributed by atoms with Crippen LogP contribution in [0.25, 0.3) is 0 Å². The van der Waals surface area contributed by atoms with Gasteiger partial charge < -0.3 is 14.8 Å². The van der Waals surface area contributed by atoms with E-state index in [2.05, 4.69) is 21.3 Å². The smallest absolute Gasteiger partial charge is 0.112 e. The minimum atomic E-state index is 0.0531. The van der Waals surface area contributed by atoms with Gasteiger partial charge in [-0.05, 0) is 26.0 Å². The maximum Gasteiger partial charge on any atom is 0.112 e. The first-order valence-corrected chi connectivity index (χ1v) is 7.31. The van der Waals surface area contributed by atoms with Crippen LogP contribution in [0.15, 0.2) is 12.1 Å². The van der Waals surface area contributed by atoms with E-state index >= 15 is 0 Å². The van der Waals surface area contributed by atoms with E-state index in [1.807, 2.05) is 27.0 Å². The van der Waals surface area contributed by atoms with Gasteiger partial charge in [-0.1, -0.05) is 0 Å². The first-order chi connectivity index (χ1) is 9.72. The van der Waals surface area contributed by atoms with Crippen molar-refractivity contribution in [1.29, 1.82) is 0 Å². The van der Waals surface area contributed by atoms with Crippen LogP contribution in [0.3, 0.4) is 0 Å². The zero-order valence-electron chi connectivity index (χ0n) is 12.7. The molecule has 1 aliphatic heterocycles. The van der Waals surface area contributed by atoms with E-state index in [0.717, 1.165) is 56.5 Å². The third kappa shape index (κ3) is 4.16. The molecule has 1 fully saturated rings. The quantitative estimate of drug-likeness (QED) is 0.805. The molecule has 112 valence electrons. The SMILES string of the molecule is CCOCCN1CCO[C@H](c2cc(NC)cc(C)n2)C1. The third-order valence-corrected chi connectivity index (χ3v) is 3.50. The van der Waals surface area contributed by atoms with Gasteiger partial charge in [0.2, 0.25) is 0 Å². The van der Waals surface area contributed by atoms with Gasteiger partial charge in [0.15, 0.2) is 0 Å². The minimum absolute atomic E-state index is 0.0531. The van der Waals surface area contributed by atoms with E-state index in [-0.39, 0.29) is 6.10 Å². The van der Waals surface area contributed by atoms with Gasteiger partial charge in [0.25, 0.3) is 0 Å². The van der Waals surface area contributed by atoms with Crippen molar-refractivity contribution < 1.29 is 9.47 Å². The van der Waals surface area contributed by atoms with Crippen LogP contribution in [0.1, 0.15) is 24.4 Å². The van der Waals surface area contributed by atoms with Crippen molar-refractivity contribution in [3.63, 3.8) is 0 Å². The van der Waals surface area contributed by atoms with E-state index in [0.29, 0.717) is 0 Å². The molecule has 2 heterocycles. The monoisotopic (exact) mass is 279 g/mol. The molecule has 2 rings (SSSR count). The first-order valence-electron chi connectivity index (χ1n) is 7.31. The van der Waals surface area contributed by atoms with Crippen molar-refractivity contribution in [2.45, 2.75) is 20.0 Å². The minimum Gasteiger partial charge on any atom is -0.388 e. The number of nitrogens with zero attached hydrogens (tertiary/aromatic N) is 2. The molecule has 0 radical (unpaired) electrons.